The summed E-state index contributed by atoms with van der Waals surface area (Å²) in [6, 6.07) is 14.6. The first-order chi connectivity index (χ1) is 13.5. The van der Waals surface area contributed by atoms with Gasteiger partial charge in [0.15, 0.2) is 11.5 Å². The molecule has 0 radical (unpaired) electrons. The molecule has 5 nitrogen and oxygen atoms in total. The summed E-state index contributed by atoms with van der Waals surface area (Å²) in [5.74, 6) is 1.54. The van der Waals surface area contributed by atoms with Gasteiger partial charge >= 0.3 is 0 Å². The molecule has 0 bridgehead atoms. The summed E-state index contributed by atoms with van der Waals surface area (Å²) in [6.07, 6.45) is 0.576. The van der Waals surface area contributed by atoms with Crippen molar-refractivity contribution in [2.45, 2.75) is 52.6 Å². The van der Waals surface area contributed by atoms with Gasteiger partial charge in [-0.05, 0) is 57.5 Å². The third-order valence-corrected chi connectivity index (χ3v) is 4.74. The second-order valence-corrected chi connectivity index (χ2v) is 7.68. The molecule has 5 heteroatoms. The van der Waals surface area contributed by atoms with E-state index in [1.54, 1.807) is 7.11 Å². The number of hydrogen-bond acceptors (Lipinski definition) is 5. The molecule has 28 heavy (non-hydrogen) atoms. The molecule has 2 atom stereocenters. The maximum atomic E-state index is 5.88. The van der Waals surface area contributed by atoms with E-state index in [4.69, 9.17) is 14.2 Å². The molecule has 1 aliphatic heterocycles. The van der Waals surface area contributed by atoms with Gasteiger partial charge in [-0.15, -0.1) is 0 Å². The van der Waals surface area contributed by atoms with E-state index in [1.807, 2.05) is 26.0 Å². The Balaban J connectivity index is 1.73. The summed E-state index contributed by atoms with van der Waals surface area (Å²) in [5, 5.41) is 3.59. The Bertz CT molecular complexity index is 768. The average Bonchev–Trinajstić information content (AvgIpc) is 2.66. The number of rotatable bonds is 7. The Morgan fingerprint density at radius 2 is 1.79 bits per heavy atom. The monoisotopic (exact) mass is 384 g/mol. The fraction of sp³-hybridized carbons (Fsp3) is 0.478. The molecular formula is C23H32N2O3. The highest BCUT2D eigenvalue weighted by molar-refractivity contribution is 5.70. The van der Waals surface area contributed by atoms with E-state index in [1.165, 1.54) is 5.69 Å². The third-order valence-electron chi connectivity index (χ3n) is 4.74. The number of morpholine rings is 1. The predicted octanol–water partition coefficient (Wildman–Crippen LogP) is 4.71. The minimum Gasteiger partial charge on any atom is -0.493 e. The van der Waals surface area contributed by atoms with E-state index in [0.29, 0.717) is 6.54 Å². The van der Waals surface area contributed by atoms with E-state index in [0.717, 1.165) is 35.8 Å². The Hall–Kier alpha value is -2.40. The molecular weight excluding hydrogens is 352 g/mol. The van der Waals surface area contributed by atoms with Gasteiger partial charge < -0.3 is 24.4 Å². The number of benzene rings is 2. The van der Waals surface area contributed by atoms with Gasteiger partial charge in [-0.1, -0.05) is 18.2 Å². The van der Waals surface area contributed by atoms with Crippen LogP contribution >= 0.6 is 0 Å². The van der Waals surface area contributed by atoms with Crippen molar-refractivity contribution in [2.24, 2.45) is 0 Å². The van der Waals surface area contributed by atoms with Gasteiger partial charge in [-0.3, -0.25) is 0 Å². The number of anilines is 2. The molecule has 0 unspecified atom stereocenters. The molecule has 0 amide bonds. The van der Waals surface area contributed by atoms with Crippen molar-refractivity contribution < 1.29 is 14.2 Å². The van der Waals surface area contributed by atoms with Crippen molar-refractivity contribution in [1.29, 1.82) is 0 Å². The molecule has 1 aliphatic rings. The normalized spacial score (nSPS) is 19.6. The highest BCUT2D eigenvalue weighted by Gasteiger charge is 2.23. The molecule has 3 rings (SSSR count). The van der Waals surface area contributed by atoms with Gasteiger partial charge in [0.1, 0.15) is 0 Å². The second-order valence-electron chi connectivity index (χ2n) is 7.68. The first kappa shape index (κ1) is 20.3. The molecule has 1 saturated heterocycles. The van der Waals surface area contributed by atoms with Crippen molar-refractivity contribution >= 4 is 11.4 Å². The molecule has 0 aromatic heterocycles. The van der Waals surface area contributed by atoms with Gasteiger partial charge in [0, 0.05) is 19.6 Å². The average molecular weight is 385 g/mol. The van der Waals surface area contributed by atoms with Crippen molar-refractivity contribution in [3.8, 4) is 11.5 Å². The summed E-state index contributed by atoms with van der Waals surface area (Å²) in [6.45, 7) is 10.8. The highest BCUT2D eigenvalue weighted by atomic mass is 16.5. The molecule has 1 N–H and O–H groups in total. The lowest BCUT2D eigenvalue weighted by Crippen LogP contribution is -2.45. The minimum atomic E-state index is 0.114. The fourth-order valence-corrected chi connectivity index (χ4v) is 3.64. The van der Waals surface area contributed by atoms with Crippen LogP contribution in [0.25, 0.3) is 0 Å². The lowest BCUT2D eigenvalue weighted by molar-refractivity contribution is -0.00517. The van der Waals surface area contributed by atoms with E-state index in [-0.39, 0.29) is 18.3 Å². The second kappa shape index (κ2) is 9.20. The van der Waals surface area contributed by atoms with Crippen LogP contribution in [0.5, 0.6) is 11.5 Å². The summed E-state index contributed by atoms with van der Waals surface area (Å²) in [7, 11) is 1.68. The molecule has 0 aliphatic carbocycles. The van der Waals surface area contributed by atoms with Crippen LogP contribution in [0, 0.1) is 0 Å². The predicted molar refractivity (Wildman–Crippen MR) is 115 cm³/mol. The molecule has 0 saturated carbocycles. The number of hydrogen-bond donors (Lipinski definition) is 1. The van der Waals surface area contributed by atoms with Gasteiger partial charge in [0.25, 0.3) is 0 Å². The third kappa shape index (κ3) is 5.10. The standard InChI is InChI=1S/C23H32N2O3/c1-16(2)27-22-11-10-19(12-23(22)26-5)13-24-20-8-6-7-9-21(20)25-14-17(3)28-18(4)15-25/h6-12,16-18,24H,13-15H2,1-5H3/t17-,18-/m1/s1. The van der Waals surface area contributed by atoms with Crippen LogP contribution in [0.3, 0.4) is 0 Å². The van der Waals surface area contributed by atoms with Crippen LogP contribution in [0.1, 0.15) is 33.3 Å². The zero-order valence-electron chi connectivity index (χ0n) is 17.6. The Kier molecular flexibility index (Phi) is 6.68. The minimum absolute atomic E-state index is 0.114. The van der Waals surface area contributed by atoms with E-state index < -0.39 is 0 Å². The summed E-state index contributed by atoms with van der Waals surface area (Å²) >= 11 is 0. The van der Waals surface area contributed by atoms with Crippen molar-refractivity contribution in [3.63, 3.8) is 0 Å². The number of methoxy groups -OCH3 is 1. The van der Waals surface area contributed by atoms with Crippen LogP contribution in [0.2, 0.25) is 0 Å². The summed E-state index contributed by atoms with van der Waals surface area (Å²) in [4.78, 5) is 2.40. The molecule has 0 spiro atoms. The summed E-state index contributed by atoms with van der Waals surface area (Å²) < 4.78 is 17.2. The lowest BCUT2D eigenvalue weighted by Gasteiger charge is -2.37. The largest absolute Gasteiger partial charge is 0.493 e. The van der Waals surface area contributed by atoms with E-state index in [2.05, 4.69) is 54.4 Å². The van der Waals surface area contributed by atoms with Crippen LogP contribution in [0.4, 0.5) is 11.4 Å². The van der Waals surface area contributed by atoms with Gasteiger partial charge in [-0.2, -0.15) is 0 Å². The zero-order chi connectivity index (χ0) is 20.1. The van der Waals surface area contributed by atoms with Crippen LogP contribution in [-0.2, 0) is 11.3 Å². The van der Waals surface area contributed by atoms with Crippen molar-refractivity contribution in [2.75, 3.05) is 30.4 Å². The van der Waals surface area contributed by atoms with E-state index >= 15 is 0 Å². The maximum absolute atomic E-state index is 5.88. The van der Waals surface area contributed by atoms with Gasteiger partial charge in [0.05, 0.1) is 36.8 Å². The molecule has 2 aromatic rings. The first-order valence-corrected chi connectivity index (χ1v) is 10.0. The number of ether oxygens (including phenoxy) is 3. The molecule has 1 heterocycles. The quantitative estimate of drug-likeness (QED) is 0.749. The Morgan fingerprint density at radius 1 is 1.07 bits per heavy atom. The zero-order valence-corrected chi connectivity index (χ0v) is 17.6. The van der Waals surface area contributed by atoms with Gasteiger partial charge in [-0.25, -0.2) is 0 Å². The first-order valence-electron chi connectivity index (χ1n) is 10.0. The number of nitrogens with one attached hydrogen (secondary N) is 1. The van der Waals surface area contributed by atoms with Crippen LogP contribution < -0.4 is 19.7 Å². The van der Waals surface area contributed by atoms with Crippen molar-refractivity contribution in [1.82, 2.24) is 0 Å². The van der Waals surface area contributed by atoms with E-state index in [9.17, 15) is 0 Å². The Morgan fingerprint density at radius 3 is 2.46 bits per heavy atom. The fourth-order valence-electron chi connectivity index (χ4n) is 3.64. The lowest BCUT2D eigenvalue weighted by atomic mass is 10.1. The molecule has 1 fully saturated rings. The maximum Gasteiger partial charge on any atom is 0.161 e. The highest BCUT2D eigenvalue weighted by Crippen LogP contribution is 2.31. The van der Waals surface area contributed by atoms with Crippen LogP contribution in [0.15, 0.2) is 42.5 Å². The number of nitrogens with zero attached hydrogens (tertiary/aromatic N) is 1. The Labute approximate surface area is 168 Å². The van der Waals surface area contributed by atoms with Crippen molar-refractivity contribution in [3.05, 3.63) is 48.0 Å². The smallest absolute Gasteiger partial charge is 0.161 e. The summed E-state index contributed by atoms with van der Waals surface area (Å²) in [5.41, 5.74) is 3.49. The SMILES string of the molecule is COc1cc(CNc2ccccc2N2C[C@@H](C)O[C@H](C)C2)ccc1OC(C)C. The van der Waals surface area contributed by atoms with Crippen LogP contribution in [-0.4, -0.2) is 38.5 Å². The molecule has 2 aromatic carbocycles. The van der Waals surface area contributed by atoms with Gasteiger partial charge in [0.2, 0.25) is 0 Å². The number of para-hydroxylation sites is 2. The molecule has 152 valence electrons. The topological polar surface area (TPSA) is 43.0 Å².